The van der Waals surface area contributed by atoms with Gasteiger partial charge in [-0.25, -0.2) is 35.1 Å². The normalized spacial score (nSPS) is 15.7. The molecule has 4 aromatic carbocycles. The van der Waals surface area contributed by atoms with E-state index in [-0.39, 0.29) is 47.6 Å². The maximum absolute atomic E-state index is 13.1. The number of aliphatic carboxylic acids is 4. The zero-order valence-corrected chi connectivity index (χ0v) is 37.0. The van der Waals surface area contributed by atoms with Gasteiger partial charge >= 0.3 is 23.9 Å². The lowest BCUT2D eigenvalue weighted by molar-refractivity contribution is -0.143. The smallest absolute Gasteiger partial charge is 0.305 e. The van der Waals surface area contributed by atoms with Crippen molar-refractivity contribution in [2.24, 2.45) is 0 Å². The lowest BCUT2D eigenvalue weighted by atomic mass is 9.92. The molecule has 20 heteroatoms. The first-order valence-corrected chi connectivity index (χ1v) is 23.9. The molecule has 66 heavy (non-hydrogen) atoms. The Labute approximate surface area is 378 Å². The molecule has 0 saturated carbocycles. The highest BCUT2D eigenvalue weighted by Crippen LogP contribution is 2.34. The first kappa shape index (κ1) is 49.0. The van der Waals surface area contributed by atoms with E-state index < -0.39 is 55.6 Å². The number of carboxylic acid groups (broad SMARTS) is 4. The van der Waals surface area contributed by atoms with E-state index >= 15 is 0 Å². The van der Waals surface area contributed by atoms with Crippen LogP contribution in [0.3, 0.4) is 0 Å². The van der Waals surface area contributed by atoms with Crippen LogP contribution in [0.4, 0.5) is 8.78 Å². The van der Waals surface area contributed by atoms with Gasteiger partial charge in [-0.05, 0) is 110 Å². The van der Waals surface area contributed by atoms with Gasteiger partial charge in [-0.1, -0.05) is 36.4 Å². The van der Waals surface area contributed by atoms with Crippen LogP contribution in [0.15, 0.2) is 107 Å². The number of carboxylic acids is 4. The first-order chi connectivity index (χ1) is 31.3. The molecule has 2 heterocycles. The Morgan fingerprint density at radius 2 is 0.848 bits per heavy atom. The van der Waals surface area contributed by atoms with Gasteiger partial charge in [0.25, 0.3) is 0 Å². The second kappa shape index (κ2) is 21.2. The standard InChI is InChI=1S/2C21H21FN2O4S.C4H6O4/c2*22-14-5-8-16(9-6-14)29(27,28)23-15-7-10-20-18(13-15)17-3-1-2-4-19(17)24(20)12-11-21(25)26;5-3(6)1-2-4(7)8/h2*1-6,8-9,15,23H,7,10-13H2,(H,25,26);1-2H2,(H,5,6)(H,7,8)/t2*15-;/m11./s1. The van der Waals surface area contributed by atoms with Crippen LogP contribution in [0.1, 0.15) is 61.0 Å². The average molecular weight is 951 g/mol. The maximum atomic E-state index is 13.1. The summed E-state index contributed by atoms with van der Waals surface area (Å²) >= 11 is 0. The Morgan fingerprint density at radius 3 is 1.18 bits per heavy atom. The highest BCUT2D eigenvalue weighted by atomic mass is 32.2. The Kier molecular flexibility index (Phi) is 15.7. The second-order valence-electron chi connectivity index (χ2n) is 15.8. The fourth-order valence-corrected chi connectivity index (χ4v) is 10.9. The molecule has 2 aromatic heterocycles. The minimum absolute atomic E-state index is 0.0335. The van der Waals surface area contributed by atoms with E-state index in [1.165, 1.54) is 24.3 Å². The van der Waals surface area contributed by atoms with Crippen molar-refractivity contribution in [1.29, 1.82) is 0 Å². The summed E-state index contributed by atoms with van der Waals surface area (Å²) < 4.78 is 86.5. The van der Waals surface area contributed by atoms with Crippen molar-refractivity contribution in [3.05, 3.63) is 131 Å². The highest BCUT2D eigenvalue weighted by Gasteiger charge is 2.30. The molecule has 2 aliphatic carbocycles. The largest absolute Gasteiger partial charge is 0.481 e. The molecule has 0 fully saturated rings. The number of fused-ring (bicyclic) bond motifs is 6. The minimum Gasteiger partial charge on any atom is -0.481 e. The van der Waals surface area contributed by atoms with Crippen LogP contribution < -0.4 is 9.44 Å². The van der Waals surface area contributed by atoms with Gasteiger partial charge in [-0.3, -0.25) is 19.2 Å². The number of aromatic nitrogens is 2. The van der Waals surface area contributed by atoms with E-state index in [1.54, 1.807) is 0 Å². The Hall–Kier alpha value is -6.48. The number of nitrogens with one attached hydrogen (secondary N) is 2. The fourth-order valence-electron chi connectivity index (χ4n) is 8.35. The lowest BCUT2D eigenvalue weighted by Gasteiger charge is -2.25. The number of hydrogen-bond acceptors (Lipinski definition) is 8. The van der Waals surface area contributed by atoms with Crippen molar-refractivity contribution in [3.8, 4) is 0 Å². The number of nitrogens with zero attached hydrogens (tertiary/aromatic N) is 2. The second-order valence-corrected chi connectivity index (χ2v) is 19.2. The molecule has 350 valence electrons. The zero-order valence-electron chi connectivity index (χ0n) is 35.4. The van der Waals surface area contributed by atoms with Crippen LogP contribution in [-0.4, -0.2) is 82.4 Å². The summed E-state index contributed by atoms with van der Waals surface area (Å²) in [6.07, 6.45) is 3.04. The number of benzene rings is 4. The van der Waals surface area contributed by atoms with Crippen LogP contribution in [0.2, 0.25) is 0 Å². The molecule has 0 bridgehead atoms. The Balaban J connectivity index is 0.000000188. The fraction of sp³-hybridized carbons (Fsp3) is 0.304. The average Bonchev–Trinajstić information content (AvgIpc) is 3.75. The van der Waals surface area contributed by atoms with Crippen LogP contribution in [-0.2, 0) is 78.0 Å². The molecule has 16 nitrogen and oxygen atoms in total. The molecule has 0 saturated heterocycles. The number of rotatable bonds is 15. The Bertz CT molecular complexity index is 2770. The van der Waals surface area contributed by atoms with Crippen LogP contribution in [0, 0.1) is 11.6 Å². The molecule has 6 N–H and O–H groups in total. The summed E-state index contributed by atoms with van der Waals surface area (Å²) in [4.78, 5) is 41.5. The predicted molar refractivity (Wildman–Crippen MR) is 238 cm³/mol. The molecule has 6 aromatic rings. The van der Waals surface area contributed by atoms with E-state index in [0.717, 1.165) is 68.6 Å². The number of carbonyl (C=O) groups is 4. The number of sulfonamides is 2. The Morgan fingerprint density at radius 1 is 0.515 bits per heavy atom. The third-order valence-electron chi connectivity index (χ3n) is 11.3. The molecule has 0 amide bonds. The van der Waals surface area contributed by atoms with Gasteiger partial charge in [0.15, 0.2) is 0 Å². The summed E-state index contributed by atoms with van der Waals surface area (Å²) in [6.45, 7) is 0.772. The van der Waals surface area contributed by atoms with Crippen LogP contribution in [0.25, 0.3) is 21.8 Å². The van der Waals surface area contributed by atoms with Crippen molar-refractivity contribution in [3.63, 3.8) is 0 Å². The molecule has 2 aliphatic rings. The SMILES string of the molecule is O=C(O)CCC(=O)O.O=C(O)CCn1c2c(c3ccccc31)C[C@H](NS(=O)(=O)c1ccc(F)cc1)CC2.O=C(O)CCn1c2c(c3ccccc31)C[C@H](NS(=O)(=O)c1ccc(F)cc1)CC2. The first-order valence-electron chi connectivity index (χ1n) is 20.9. The molecule has 0 radical (unpaired) electrons. The van der Waals surface area contributed by atoms with E-state index in [4.69, 9.17) is 20.4 Å². The van der Waals surface area contributed by atoms with E-state index in [0.29, 0.717) is 51.6 Å². The van der Waals surface area contributed by atoms with E-state index in [1.807, 2.05) is 57.7 Å². The molecule has 8 rings (SSSR count). The highest BCUT2D eigenvalue weighted by molar-refractivity contribution is 7.89. The van der Waals surface area contributed by atoms with E-state index in [9.17, 15) is 44.8 Å². The number of hydrogen-bond donors (Lipinski definition) is 6. The van der Waals surface area contributed by atoms with Gasteiger partial charge in [0, 0.05) is 58.4 Å². The number of para-hydroxylation sites is 2. The molecule has 0 aliphatic heterocycles. The zero-order chi connectivity index (χ0) is 47.8. The van der Waals surface area contributed by atoms with Gasteiger partial charge in [0.05, 0.1) is 35.5 Å². The molecule has 0 unspecified atom stereocenters. The van der Waals surface area contributed by atoms with Gasteiger partial charge in [0.1, 0.15) is 11.6 Å². The minimum atomic E-state index is -3.75. The van der Waals surface area contributed by atoms with Gasteiger partial charge < -0.3 is 29.6 Å². The third kappa shape index (κ3) is 12.2. The van der Waals surface area contributed by atoms with Crippen LogP contribution in [0.5, 0.6) is 0 Å². The summed E-state index contributed by atoms with van der Waals surface area (Å²) in [6, 6.07) is 24.6. The molecule has 0 spiro atoms. The van der Waals surface area contributed by atoms with Crippen molar-refractivity contribution in [2.45, 2.75) is 99.2 Å². The van der Waals surface area contributed by atoms with Crippen LogP contribution >= 0.6 is 0 Å². The molecular weight excluding hydrogens is 903 g/mol. The molecule has 2 atom stereocenters. The van der Waals surface area contributed by atoms with Gasteiger partial charge in [0.2, 0.25) is 20.0 Å². The van der Waals surface area contributed by atoms with Crippen molar-refractivity contribution >= 4 is 65.7 Å². The third-order valence-corrected chi connectivity index (χ3v) is 14.4. The summed E-state index contributed by atoms with van der Waals surface area (Å²) in [7, 11) is -7.50. The van der Waals surface area contributed by atoms with Crippen molar-refractivity contribution < 1.29 is 65.2 Å². The topological polar surface area (TPSA) is 251 Å². The summed E-state index contributed by atoms with van der Waals surface area (Å²) in [5.41, 5.74) is 6.21. The van der Waals surface area contributed by atoms with E-state index in [2.05, 4.69) is 9.44 Å². The lowest BCUT2D eigenvalue weighted by Crippen LogP contribution is -2.39. The molecular formula is C46H48F2N4O12S2. The van der Waals surface area contributed by atoms with Gasteiger partial charge in [-0.2, -0.15) is 0 Å². The summed E-state index contributed by atoms with van der Waals surface area (Å²) in [5, 5.41) is 36.0. The summed E-state index contributed by atoms with van der Waals surface area (Å²) in [5.74, 6) is -4.82. The van der Waals surface area contributed by atoms with Crippen molar-refractivity contribution in [2.75, 3.05) is 0 Å². The van der Waals surface area contributed by atoms with Gasteiger partial charge in [-0.15, -0.1) is 0 Å². The number of halogens is 2. The monoisotopic (exact) mass is 950 g/mol. The number of aryl methyl sites for hydroxylation is 2. The predicted octanol–water partition coefficient (Wildman–Crippen LogP) is 6.12. The maximum Gasteiger partial charge on any atom is 0.305 e. The van der Waals surface area contributed by atoms with Crippen molar-refractivity contribution in [1.82, 2.24) is 18.6 Å². The quantitative estimate of drug-likeness (QED) is 0.0682.